The highest BCUT2D eigenvalue weighted by molar-refractivity contribution is 7.99. The lowest BCUT2D eigenvalue weighted by molar-refractivity contribution is -0.137. The lowest BCUT2D eigenvalue weighted by atomic mass is 10.1. The maximum absolute atomic E-state index is 13.0. The van der Waals surface area contributed by atoms with Gasteiger partial charge < -0.3 is 15.0 Å². The molecule has 1 fully saturated rings. The van der Waals surface area contributed by atoms with E-state index < -0.39 is 17.6 Å². The van der Waals surface area contributed by atoms with Gasteiger partial charge in [0.05, 0.1) is 30.2 Å². The highest BCUT2D eigenvalue weighted by Gasteiger charge is 2.33. The van der Waals surface area contributed by atoms with Crippen LogP contribution in [0.3, 0.4) is 0 Å². The number of carbonyl (C=O) groups is 1. The van der Waals surface area contributed by atoms with Gasteiger partial charge in [-0.1, -0.05) is 23.9 Å². The van der Waals surface area contributed by atoms with Gasteiger partial charge in [0.15, 0.2) is 5.16 Å². The summed E-state index contributed by atoms with van der Waals surface area (Å²) in [5.74, 6) is 0.0874. The average molecular weight is 415 g/mol. The maximum atomic E-state index is 13.0. The first-order valence-corrected chi connectivity index (χ1v) is 9.73. The quantitative estimate of drug-likeness (QED) is 0.732. The normalized spacial score (nSPS) is 14.9. The first-order chi connectivity index (χ1) is 13.4. The van der Waals surface area contributed by atoms with Crippen molar-refractivity contribution in [3.63, 3.8) is 0 Å². The third kappa shape index (κ3) is 4.76. The van der Waals surface area contributed by atoms with Crippen LogP contribution in [0.4, 0.5) is 24.8 Å². The van der Waals surface area contributed by atoms with Crippen LogP contribution in [0, 0.1) is 0 Å². The van der Waals surface area contributed by atoms with Gasteiger partial charge >= 0.3 is 6.18 Å². The Morgan fingerprint density at radius 2 is 1.96 bits per heavy atom. The molecule has 3 rings (SSSR count). The lowest BCUT2D eigenvalue weighted by Crippen LogP contribution is -2.38. The molecule has 1 aromatic heterocycles. The smallest absolute Gasteiger partial charge is 0.378 e. The van der Waals surface area contributed by atoms with Crippen LogP contribution >= 0.6 is 11.8 Å². The molecule has 0 spiro atoms. The van der Waals surface area contributed by atoms with E-state index in [0.29, 0.717) is 44.0 Å². The van der Waals surface area contributed by atoms with Gasteiger partial charge in [0.25, 0.3) is 0 Å². The third-order valence-corrected chi connectivity index (χ3v) is 5.11. The van der Waals surface area contributed by atoms with Crippen LogP contribution in [0.1, 0.15) is 12.5 Å². The molecule has 7 nitrogen and oxygen atoms in total. The molecule has 0 radical (unpaired) electrons. The summed E-state index contributed by atoms with van der Waals surface area (Å²) in [6.07, 6.45) is -4.54. The molecule has 11 heteroatoms. The minimum atomic E-state index is -4.54. The number of nitrogens with zero attached hydrogens (tertiary/aromatic N) is 4. The fourth-order valence-electron chi connectivity index (χ4n) is 2.82. The Hall–Kier alpha value is -2.27. The Kier molecular flexibility index (Phi) is 6.45. The number of nitrogens with one attached hydrogen (secondary N) is 1. The molecular weight excluding hydrogens is 395 g/mol. The molecule has 1 aliphatic rings. The van der Waals surface area contributed by atoms with E-state index in [1.165, 1.54) is 18.2 Å². The number of alkyl halides is 3. The number of carbonyl (C=O) groups excluding carboxylic acids is 1. The highest BCUT2D eigenvalue weighted by atomic mass is 32.2. The zero-order valence-corrected chi connectivity index (χ0v) is 16.0. The van der Waals surface area contributed by atoms with Crippen LogP contribution in [0.25, 0.3) is 0 Å². The second-order valence-corrected chi connectivity index (χ2v) is 6.95. The van der Waals surface area contributed by atoms with Crippen molar-refractivity contribution in [2.75, 3.05) is 42.3 Å². The number of hydrogen-bond acceptors (Lipinski definition) is 6. The van der Waals surface area contributed by atoms with Gasteiger partial charge in [-0.2, -0.15) is 13.2 Å². The van der Waals surface area contributed by atoms with Crippen LogP contribution in [0.2, 0.25) is 0 Å². The van der Waals surface area contributed by atoms with Gasteiger partial charge in [-0.15, -0.1) is 10.2 Å². The first kappa shape index (κ1) is 20.5. The van der Waals surface area contributed by atoms with Crippen LogP contribution in [-0.4, -0.2) is 52.7 Å². The summed E-state index contributed by atoms with van der Waals surface area (Å²) >= 11 is 1.14. The average Bonchev–Trinajstić information content (AvgIpc) is 3.09. The van der Waals surface area contributed by atoms with Crippen molar-refractivity contribution < 1.29 is 22.7 Å². The molecule has 1 aromatic carbocycles. The molecule has 1 amide bonds. The van der Waals surface area contributed by atoms with E-state index in [1.54, 1.807) is 0 Å². The van der Waals surface area contributed by atoms with Crippen molar-refractivity contribution in [2.24, 2.45) is 0 Å². The minimum absolute atomic E-state index is 0.0760. The molecule has 2 heterocycles. The molecule has 1 saturated heterocycles. The molecule has 0 aliphatic carbocycles. The first-order valence-electron chi connectivity index (χ1n) is 8.75. The Bertz CT molecular complexity index is 821. The SMILES string of the molecule is CCn1c(SCC(=O)Nc2ccccc2C(F)(F)F)nnc1N1CCOCC1. The number of para-hydroxylation sites is 1. The fraction of sp³-hybridized carbons (Fsp3) is 0.471. The Morgan fingerprint density at radius 1 is 1.25 bits per heavy atom. The Balaban J connectivity index is 1.65. The van der Waals surface area contributed by atoms with Crippen molar-refractivity contribution in [1.29, 1.82) is 0 Å². The zero-order valence-electron chi connectivity index (χ0n) is 15.2. The van der Waals surface area contributed by atoms with Crippen molar-refractivity contribution in [3.8, 4) is 0 Å². The number of anilines is 2. The number of ether oxygens (including phenoxy) is 1. The Morgan fingerprint density at radius 3 is 2.64 bits per heavy atom. The third-order valence-electron chi connectivity index (χ3n) is 4.15. The molecular formula is C17H20F3N5O2S. The minimum Gasteiger partial charge on any atom is -0.378 e. The van der Waals surface area contributed by atoms with Crippen LogP contribution < -0.4 is 10.2 Å². The monoisotopic (exact) mass is 415 g/mol. The van der Waals surface area contributed by atoms with Gasteiger partial charge in [-0.3, -0.25) is 9.36 Å². The molecule has 0 unspecified atom stereocenters. The summed E-state index contributed by atoms with van der Waals surface area (Å²) in [4.78, 5) is 14.2. The Labute approximate surface area is 164 Å². The van der Waals surface area contributed by atoms with Gasteiger partial charge in [0, 0.05) is 19.6 Å². The van der Waals surface area contributed by atoms with E-state index in [1.807, 2.05) is 11.5 Å². The van der Waals surface area contributed by atoms with Crippen molar-refractivity contribution in [3.05, 3.63) is 29.8 Å². The lowest BCUT2D eigenvalue weighted by Gasteiger charge is -2.27. The second-order valence-electron chi connectivity index (χ2n) is 6.01. The second kappa shape index (κ2) is 8.82. The number of aromatic nitrogens is 3. The van der Waals surface area contributed by atoms with E-state index in [4.69, 9.17) is 4.74 Å². The topological polar surface area (TPSA) is 72.3 Å². The van der Waals surface area contributed by atoms with Gasteiger partial charge in [-0.25, -0.2) is 0 Å². The fourth-order valence-corrected chi connectivity index (χ4v) is 3.61. The molecule has 1 N–H and O–H groups in total. The summed E-state index contributed by atoms with van der Waals surface area (Å²) < 4.78 is 46.3. The van der Waals surface area contributed by atoms with Crippen molar-refractivity contribution in [2.45, 2.75) is 24.8 Å². The van der Waals surface area contributed by atoms with Gasteiger partial charge in [0.1, 0.15) is 0 Å². The molecule has 0 bridgehead atoms. The molecule has 2 aromatic rings. The number of amides is 1. The van der Waals surface area contributed by atoms with E-state index in [9.17, 15) is 18.0 Å². The number of morpholine rings is 1. The van der Waals surface area contributed by atoms with Gasteiger partial charge in [-0.05, 0) is 19.1 Å². The number of hydrogen-bond donors (Lipinski definition) is 1. The number of halogens is 3. The van der Waals surface area contributed by atoms with Gasteiger partial charge in [0.2, 0.25) is 11.9 Å². The van der Waals surface area contributed by atoms with E-state index >= 15 is 0 Å². The summed E-state index contributed by atoms with van der Waals surface area (Å²) in [5.41, 5.74) is -1.13. The largest absolute Gasteiger partial charge is 0.418 e. The summed E-state index contributed by atoms with van der Waals surface area (Å²) in [7, 11) is 0. The van der Waals surface area contributed by atoms with Crippen molar-refractivity contribution >= 4 is 29.3 Å². The predicted molar refractivity (Wildman–Crippen MR) is 99.5 cm³/mol. The maximum Gasteiger partial charge on any atom is 0.418 e. The highest BCUT2D eigenvalue weighted by Crippen LogP contribution is 2.34. The standard InChI is InChI=1S/C17H20F3N5O2S/c1-2-25-15(24-7-9-27-10-8-24)22-23-16(25)28-11-14(26)21-13-6-4-3-5-12(13)17(18,19)20/h3-6H,2,7-11H2,1H3,(H,21,26). The van der Waals surface area contributed by atoms with Crippen molar-refractivity contribution in [1.82, 2.24) is 14.8 Å². The number of benzene rings is 1. The van der Waals surface area contributed by atoms with Crippen LogP contribution in [0.5, 0.6) is 0 Å². The molecule has 28 heavy (non-hydrogen) atoms. The molecule has 0 atom stereocenters. The summed E-state index contributed by atoms with van der Waals surface area (Å²) in [5, 5.41) is 11.2. The number of thioether (sulfide) groups is 1. The van der Waals surface area contributed by atoms with E-state index in [-0.39, 0.29) is 11.4 Å². The van der Waals surface area contributed by atoms with Crippen LogP contribution in [-0.2, 0) is 22.3 Å². The predicted octanol–water partition coefficient (Wildman–Crippen LogP) is 2.88. The van der Waals surface area contributed by atoms with E-state index in [2.05, 4.69) is 20.4 Å². The molecule has 0 saturated carbocycles. The molecule has 1 aliphatic heterocycles. The molecule has 152 valence electrons. The summed E-state index contributed by atoms with van der Waals surface area (Å²) in [6, 6.07) is 4.89. The van der Waals surface area contributed by atoms with E-state index in [0.717, 1.165) is 17.8 Å². The van der Waals surface area contributed by atoms with Crippen LogP contribution in [0.15, 0.2) is 29.4 Å². The zero-order chi connectivity index (χ0) is 20.1. The number of rotatable bonds is 6. The summed E-state index contributed by atoms with van der Waals surface area (Å²) in [6.45, 7) is 5.19.